The molecule has 53 heavy (non-hydrogen) atoms. The molecule has 0 rings (SSSR count). The van der Waals surface area contributed by atoms with Crippen LogP contribution < -0.4 is 5.32 Å². The Balaban J connectivity index is 3.63. The third-order valence-electron chi connectivity index (χ3n) is 10.5. The third-order valence-corrected chi connectivity index (χ3v) is 10.5. The average molecular weight is 742 g/mol. The van der Waals surface area contributed by atoms with Gasteiger partial charge in [-0.1, -0.05) is 210 Å². The lowest BCUT2D eigenvalue weighted by atomic mass is 10.0. The van der Waals surface area contributed by atoms with E-state index < -0.39 is 12.1 Å². The molecule has 1 amide bonds. The fraction of sp³-hybridized carbons (Fsp3) is 0.816. The number of nitrogens with one attached hydrogen (secondary N) is 1. The van der Waals surface area contributed by atoms with E-state index in [9.17, 15) is 15.0 Å². The van der Waals surface area contributed by atoms with E-state index in [2.05, 4.69) is 55.6 Å². The van der Waals surface area contributed by atoms with Crippen molar-refractivity contribution in [2.45, 2.75) is 251 Å². The number of rotatable bonds is 42. The van der Waals surface area contributed by atoms with Crippen molar-refractivity contribution in [1.29, 1.82) is 0 Å². The van der Waals surface area contributed by atoms with Gasteiger partial charge in [0.2, 0.25) is 5.91 Å². The molecule has 310 valence electrons. The number of aliphatic hydroxyl groups is 2. The second-order valence-corrected chi connectivity index (χ2v) is 15.8. The van der Waals surface area contributed by atoms with Gasteiger partial charge in [0.05, 0.1) is 18.8 Å². The molecular formula is C49H91NO3. The Morgan fingerprint density at radius 2 is 0.736 bits per heavy atom. The van der Waals surface area contributed by atoms with Crippen LogP contribution in [0.4, 0.5) is 0 Å². The van der Waals surface area contributed by atoms with Gasteiger partial charge < -0.3 is 15.5 Å². The molecule has 0 aromatic heterocycles. The summed E-state index contributed by atoms with van der Waals surface area (Å²) in [4.78, 5) is 12.4. The summed E-state index contributed by atoms with van der Waals surface area (Å²) < 4.78 is 0. The SMILES string of the molecule is CCCCCCCCCC/C=C\CCCCCCCCCC(=O)NC(CO)C(O)/C=C/CC/C=C/CC/C=C/CCCCCCCCCCCCCC. The molecule has 0 aliphatic rings. The molecule has 0 spiro atoms. The monoisotopic (exact) mass is 742 g/mol. The number of unbranched alkanes of at least 4 members (excludes halogenated alkanes) is 29. The van der Waals surface area contributed by atoms with E-state index in [1.54, 1.807) is 6.08 Å². The summed E-state index contributed by atoms with van der Waals surface area (Å²) in [6.07, 6.45) is 60.9. The van der Waals surface area contributed by atoms with Gasteiger partial charge in [0.25, 0.3) is 0 Å². The van der Waals surface area contributed by atoms with Crippen molar-refractivity contribution in [3.05, 3.63) is 48.6 Å². The summed E-state index contributed by atoms with van der Waals surface area (Å²) in [6, 6.07) is -0.648. The van der Waals surface area contributed by atoms with E-state index >= 15 is 0 Å². The van der Waals surface area contributed by atoms with Crippen LogP contribution >= 0.6 is 0 Å². The number of hydrogen-bond donors (Lipinski definition) is 3. The number of aliphatic hydroxyl groups excluding tert-OH is 2. The van der Waals surface area contributed by atoms with Crippen LogP contribution in [0.3, 0.4) is 0 Å². The highest BCUT2D eigenvalue weighted by atomic mass is 16.3. The van der Waals surface area contributed by atoms with Gasteiger partial charge in [-0.2, -0.15) is 0 Å². The maximum atomic E-state index is 12.4. The molecule has 0 aromatic carbocycles. The summed E-state index contributed by atoms with van der Waals surface area (Å²) in [5.74, 6) is -0.0821. The molecule has 0 fully saturated rings. The summed E-state index contributed by atoms with van der Waals surface area (Å²) in [5.41, 5.74) is 0. The third kappa shape index (κ3) is 41.4. The number of carbonyl (C=O) groups excluding carboxylic acids is 1. The van der Waals surface area contributed by atoms with Crippen LogP contribution in [-0.4, -0.2) is 34.9 Å². The van der Waals surface area contributed by atoms with Gasteiger partial charge in [-0.15, -0.1) is 0 Å². The summed E-state index contributed by atoms with van der Waals surface area (Å²) in [6.45, 7) is 4.30. The molecule has 0 bridgehead atoms. The number of carbonyl (C=O) groups is 1. The average Bonchev–Trinajstić information content (AvgIpc) is 3.16. The summed E-state index contributed by atoms with van der Waals surface area (Å²) in [5, 5.41) is 23.0. The predicted octanol–water partition coefficient (Wildman–Crippen LogP) is 14.7. The van der Waals surface area contributed by atoms with Crippen LogP contribution in [0, 0.1) is 0 Å². The summed E-state index contributed by atoms with van der Waals surface area (Å²) >= 11 is 0. The van der Waals surface area contributed by atoms with Crippen molar-refractivity contribution in [3.8, 4) is 0 Å². The molecule has 0 radical (unpaired) electrons. The molecule has 4 nitrogen and oxygen atoms in total. The van der Waals surface area contributed by atoms with Crippen LogP contribution in [0.5, 0.6) is 0 Å². The Bertz CT molecular complexity index is 847. The quantitative estimate of drug-likeness (QED) is 0.0431. The molecule has 2 atom stereocenters. The topological polar surface area (TPSA) is 69.6 Å². The van der Waals surface area contributed by atoms with Gasteiger partial charge in [0.1, 0.15) is 0 Å². The molecule has 0 aliphatic carbocycles. The Morgan fingerprint density at radius 1 is 0.434 bits per heavy atom. The lowest BCUT2D eigenvalue weighted by Crippen LogP contribution is -2.45. The first-order valence-corrected chi connectivity index (χ1v) is 23.4. The van der Waals surface area contributed by atoms with Gasteiger partial charge in [0, 0.05) is 6.42 Å². The van der Waals surface area contributed by atoms with Gasteiger partial charge >= 0.3 is 0 Å². The van der Waals surface area contributed by atoms with Crippen molar-refractivity contribution in [2.24, 2.45) is 0 Å². The standard InChI is InChI=1S/C49H91NO3/c1-3-5-7-9-11-13-15-17-19-21-23-24-25-27-28-30-32-34-36-38-40-42-44-48(52)47(46-51)50-49(53)45-43-41-39-37-35-33-31-29-26-22-20-18-16-14-12-10-8-6-4-2/h22,26-28,34,36,42,44,47-48,51-52H,3-21,23-25,29-33,35,37-41,43,45-46H2,1-2H3,(H,50,53)/b26-22-,28-27+,36-34+,44-42+. The molecule has 0 aliphatic heterocycles. The minimum atomic E-state index is -0.872. The minimum absolute atomic E-state index is 0.0821. The highest BCUT2D eigenvalue weighted by Crippen LogP contribution is 2.14. The van der Waals surface area contributed by atoms with Gasteiger partial charge in [-0.05, 0) is 70.6 Å². The van der Waals surface area contributed by atoms with E-state index in [1.807, 2.05) is 6.08 Å². The maximum Gasteiger partial charge on any atom is 0.220 e. The maximum absolute atomic E-state index is 12.4. The van der Waals surface area contributed by atoms with Gasteiger partial charge in [-0.25, -0.2) is 0 Å². The first-order chi connectivity index (χ1) is 26.2. The first-order valence-electron chi connectivity index (χ1n) is 23.4. The minimum Gasteiger partial charge on any atom is -0.394 e. The van der Waals surface area contributed by atoms with E-state index in [1.165, 1.54) is 180 Å². The fourth-order valence-corrected chi connectivity index (χ4v) is 6.91. The van der Waals surface area contributed by atoms with Crippen molar-refractivity contribution in [2.75, 3.05) is 6.61 Å². The van der Waals surface area contributed by atoms with Gasteiger partial charge in [0.15, 0.2) is 0 Å². The van der Waals surface area contributed by atoms with Crippen molar-refractivity contribution in [1.82, 2.24) is 5.32 Å². The van der Waals surface area contributed by atoms with Crippen molar-refractivity contribution < 1.29 is 15.0 Å². The number of hydrogen-bond acceptors (Lipinski definition) is 3. The van der Waals surface area contributed by atoms with Crippen LogP contribution in [0.1, 0.15) is 239 Å². The Kier molecular flexibility index (Phi) is 43.4. The molecule has 3 N–H and O–H groups in total. The number of amides is 1. The van der Waals surface area contributed by atoms with E-state index in [4.69, 9.17) is 0 Å². The normalized spacial score (nSPS) is 13.4. The molecule has 0 aromatic rings. The van der Waals surface area contributed by atoms with Gasteiger partial charge in [-0.3, -0.25) is 4.79 Å². The van der Waals surface area contributed by atoms with Crippen molar-refractivity contribution in [3.63, 3.8) is 0 Å². The fourth-order valence-electron chi connectivity index (χ4n) is 6.91. The van der Waals surface area contributed by atoms with E-state index in [-0.39, 0.29) is 12.5 Å². The Hall–Kier alpha value is -1.65. The lowest BCUT2D eigenvalue weighted by Gasteiger charge is -2.19. The molecular weight excluding hydrogens is 651 g/mol. The molecule has 4 heteroatoms. The summed E-state index contributed by atoms with van der Waals surface area (Å²) in [7, 11) is 0. The zero-order chi connectivity index (χ0) is 38.6. The Labute approximate surface area is 331 Å². The van der Waals surface area contributed by atoms with Crippen LogP contribution in [-0.2, 0) is 4.79 Å². The van der Waals surface area contributed by atoms with Crippen LogP contribution in [0.15, 0.2) is 48.6 Å². The van der Waals surface area contributed by atoms with E-state index in [0.29, 0.717) is 6.42 Å². The largest absolute Gasteiger partial charge is 0.394 e. The zero-order valence-corrected chi connectivity index (χ0v) is 35.5. The highest BCUT2D eigenvalue weighted by molar-refractivity contribution is 5.76. The second kappa shape index (κ2) is 44.7. The smallest absolute Gasteiger partial charge is 0.220 e. The molecule has 0 saturated carbocycles. The Morgan fingerprint density at radius 3 is 1.09 bits per heavy atom. The van der Waals surface area contributed by atoms with Crippen LogP contribution in [0.25, 0.3) is 0 Å². The molecule has 2 unspecified atom stereocenters. The van der Waals surface area contributed by atoms with Crippen molar-refractivity contribution >= 4 is 5.91 Å². The van der Waals surface area contributed by atoms with Crippen LogP contribution in [0.2, 0.25) is 0 Å². The first kappa shape index (κ1) is 51.4. The highest BCUT2D eigenvalue weighted by Gasteiger charge is 2.17. The number of allylic oxidation sites excluding steroid dienone is 7. The lowest BCUT2D eigenvalue weighted by molar-refractivity contribution is -0.123. The second-order valence-electron chi connectivity index (χ2n) is 15.8. The predicted molar refractivity (Wildman–Crippen MR) is 235 cm³/mol. The zero-order valence-electron chi connectivity index (χ0n) is 35.5. The molecule has 0 heterocycles. The van der Waals surface area contributed by atoms with E-state index in [0.717, 1.165) is 38.5 Å². The molecule has 0 saturated heterocycles.